The maximum Gasteiger partial charge on any atom is 0.0245 e. The van der Waals surface area contributed by atoms with Crippen LogP contribution in [0.5, 0.6) is 0 Å². The third-order valence-electron chi connectivity index (χ3n) is 4.85. The zero-order valence-corrected chi connectivity index (χ0v) is 13.8. The molecular formula is C21H30. The highest BCUT2D eigenvalue weighted by Gasteiger charge is 2.21. The van der Waals surface area contributed by atoms with E-state index in [2.05, 4.69) is 50.0 Å². The van der Waals surface area contributed by atoms with Gasteiger partial charge in [-0.1, -0.05) is 63.5 Å². The monoisotopic (exact) mass is 282 g/mol. The molecular weight excluding hydrogens is 252 g/mol. The summed E-state index contributed by atoms with van der Waals surface area (Å²) in [5.41, 5.74) is 2.69. The molecule has 1 fully saturated rings. The van der Waals surface area contributed by atoms with Crippen LogP contribution in [0.2, 0.25) is 0 Å². The van der Waals surface area contributed by atoms with Crippen molar-refractivity contribution in [3.63, 3.8) is 0 Å². The van der Waals surface area contributed by atoms with Crippen molar-refractivity contribution in [2.45, 2.75) is 77.6 Å². The molecule has 114 valence electrons. The first kappa shape index (κ1) is 16.2. The van der Waals surface area contributed by atoms with E-state index in [0.29, 0.717) is 0 Å². The molecule has 0 N–H and O–H groups in total. The Labute approximate surface area is 131 Å². The van der Waals surface area contributed by atoms with E-state index in [1.807, 2.05) is 0 Å². The van der Waals surface area contributed by atoms with Crippen molar-refractivity contribution in [3.05, 3.63) is 35.4 Å². The third-order valence-corrected chi connectivity index (χ3v) is 4.85. The van der Waals surface area contributed by atoms with Gasteiger partial charge in [0, 0.05) is 12.0 Å². The van der Waals surface area contributed by atoms with Gasteiger partial charge in [-0.2, -0.15) is 0 Å². The van der Waals surface area contributed by atoms with Crippen LogP contribution < -0.4 is 0 Å². The van der Waals surface area contributed by atoms with Gasteiger partial charge in [-0.3, -0.25) is 0 Å². The molecule has 0 heteroatoms. The molecule has 0 spiro atoms. The Bertz CT molecular complexity index is 449. The van der Waals surface area contributed by atoms with Gasteiger partial charge >= 0.3 is 0 Å². The molecule has 0 bridgehead atoms. The average molecular weight is 282 g/mol. The first-order chi connectivity index (χ1) is 10.3. The van der Waals surface area contributed by atoms with Crippen molar-refractivity contribution in [1.29, 1.82) is 0 Å². The second-order valence-electron chi connectivity index (χ2n) is 6.49. The van der Waals surface area contributed by atoms with Gasteiger partial charge in [0.2, 0.25) is 0 Å². The fourth-order valence-corrected chi connectivity index (χ4v) is 3.50. The van der Waals surface area contributed by atoms with Crippen LogP contribution in [-0.2, 0) is 0 Å². The van der Waals surface area contributed by atoms with E-state index in [1.165, 1.54) is 56.9 Å². The Morgan fingerprint density at radius 2 is 1.67 bits per heavy atom. The SMILES string of the molecule is CCC#Cc1ccc([C@H]2CC[C@H](CCCCC)CC2)cc1. The van der Waals surface area contributed by atoms with E-state index in [9.17, 15) is 0 Å². The molecule has 1 aliphatic rings. The van der Waals surface area contributed by atoms with Gasteiger partial charge in [0.05, 0.1) is 0 Å². The van der Waals surface area contributed by atoms with Crippen LogP contribution in [0.1, 0.15) is 88.7 Å². The minimum atomic E-state index is 0.792. The fraction of sp³-hybridized carbons (Fsp3) is 0.619. The molecule has 0 heterocycles. The van der Waals surface area contributed by atoms with Crippen molar-refractivity contribution >= 4 is 0 Å². The number of hydrogen-bond acceptors (Lipinski definition) is 0. The van der Waals surface area contributed by atoms with Crippen LogP contribution in [0, 0.1) is 17.8 Å². The van der Waals surface area contributed by atoms with Gasteiger partial charge in [-0.25, -0.2) is 0 Å². The maximum atomic E-state index is 3.21. The largest absolute Gasteiger partial charge is 0.0982 e. The Morgan fingerprint density at radius 1 is 0.952 bits per heavy atom. The van der Waals surface area contributed by atoms with Crippen LogP contribution in [0.4, 0.5) is 0 Å². The summed E-state index contributed by atoms with van der Waals surface area (Å²) in [4.78, 5) is 0. The van der Waals surface area contributed by atoms with Crippen molar-refractivity contribution < 1.29 is 0 Å². The minimum absolute atomic E-state index is 0.792. The zero-order valence-electron chi connectivity index (χ0n) is 13.8. The molecule has 1 saturated carbocycles. The summed E-state index contributed by atoms with van der Waals surface area (Å²) in [7, 11) is 0. The molecule has 1 aromatic carbocycles. The van der Waals surface area contributed by atoms with Crippen molar-refractivity contribution in [2.24, 2.45) is 5.92 Å². The molecule has 0 nitrogen and oxygen atoms in total. The molecule has 1 aliphatic carbocycles. The zero-order chi connectivity index (χ0) is 14.9. The van der Waals surface area contributed by atoms with Crippen LogP contribution in [0.3, 0.4) is 0 Å². The smallest absolute Gasteiger partial charge is 0.0245 e. The first-order valence-electron chi connectivity index (χ1n) is 8.92. The van der Waals surface area contributed by atoms with E-state index >= 15 is 0 Å². The highest BCUT2D eigenvalue weighted by Crippen LogP contribution is 2.37. The van der Waals surface area contributed by atoms with Crippen LogP contribution >= 0.6 is 0 Å². The minimum Gasteiger partial charge on any atom is -0.0982 e. The standard InChI is InChI=1S/C21H30/c1-3-5-7-9-19-12-16-21(17-13-19)20-14-10-18(11-15-20)8-6-4-2/h10-11,14-15,19,21H,3-5,7,9,12-13,16-17H2,1-2H3/t19-,21-. The predicted octanol–water partition coefficient (Wildman–Crippen LogP) is 6.30. The molecule has 0 atom stereocenters. The molecule has 1 aromatic rings. The summed E-state index contributed by atoms with van der Waals surface area (Å²) in [6.07, 6.45) is 12.3. The molecule has 0 aliphatic heterocycles. The highest BCUT2D eigenvalue weighted by molar-refractivity contribution is 5.37. The number of benzene rings is 1. The summed E-state index contributed by atoms with van der Waals surface area (Å²) in [5, 5.41) is 0. The summed E-state index contributed by atoms with van der Waals surface area (Å²) >= 11 is 0. The number of unbranched alkanes of at least 4 members (excludes halogenated alkanes) is 2. The molecule has 2 rings (SSSR count). The third kappa shape index (κ3) is 5.24. The van der Waals surface area contributed by atoms with E-state index < -0.39 is 0 Å². The fourth-order valence-electron chi connectivity index (χ4n) is 3.50. The lowest BCUT2D eigenvalue weighted by molar-refractivity contribution is 0.303. The lowest BCUT2D eigenvalue weighted by atomic mass is 9.77. The van der Waals surface area contributed by atoms with Gasteiger partial charge in [0.1, 0.15) is 0 Å². The van der Waals surface area contributed by atoms with E-state index in [-0.39, 0.29) is 0 Å². The normalized spacial score (nSPS) is 21.6. The summed E-state index contributed by atoms with van der Waals surface area (Å²) in [5.74, 6) is 8.15. The predicted molar refractivity (Wildman–Crippen MR) is 92.5 cm³/mol. The van der Waals surface area contributed by atoms with Crippen molar-refractivity contribution in [2.75, 3.05) is 0 Å². The van der Waals surface area contributed by atoms with Gasteiger partial charge in [0.15, 0.2) is 0 Å². The quantitative estimate of drug-likeness (QED) is 0.439. The molecule has 0 saturated heterocycles. The maximum absolute atomic E-state index is 3.21. The van der Waals surface area contributed by atoms with Crippen LogP contribution in [0.15, 0.2) is 24.3 Å². The first-order valence-corrected chi connectivity index (χ1v) is 8.92. The Balaban J connectivity index is 1.81. The van der Waals surface area contributed by atoms with Crippen molar-refractivity contribution in [1.82, 2.24) is 0 Å². The molecule has 0 amide bonds. The lowest BCUT2D eigenvalue weighted by Crippen LogP contribution is -2.13. The molecule has 0 unspecified atom stereocenters. The molecule has 0 radical (unpaired) electrons. The van der Waals surface area contributed by atoms with Gasteiger partial charge in [-0.05, 0) is 55.2 Å². The second-order valence-corrected chi connectivity index (χ2v) is 6.49. The average Bonchev–Trinajstić information content (AvgIpc) is 2.54. The highest BCUT2D eigenvalue weighted by atomic mass is 14.3. The van der Waals surface area contributed by atoms with E-state index in [1.54, 1.807) is 0 Å². The van der Waals surface area contributed by atoms with Crippen molar-refractivity contribution in [3.8, 4) is 11.8 Å². The van der Waals surface area contributed by atoms with Crippen LogP contribution in [-0.4, -0.2) is 0 Å². The number of rotatable bonds is 5. The number of hydrogen-bond donors (Lipinski definition) is 0. The van der Waals surface area contributed by atoms with E-state index in [4.69, 9.17) is 0 Å². The Hall–Kier alpha value is -1.22. The topological polar surface area (TPSA) is 0 Å². The summed E-state index contributed by atoms with van der Waals surface area (Å²) < 4.78 is 0. The molecule has 21 heavy (non-hydrogen) atoms. The Kier molecular flexibility index (Phi) is 6.87. The summed E-state index contributed by atoms with van der Waals surface area (Å²) in [6, 6.07) is 9.01. The molecule has 0 aromatic heterocycles. The van der Waals surface area contributed by atoms with Gasteiger partial charge in [0.25, 0.3) is 0 Å². The van der Waals surface area contributed by atoms with Gasteiger partial charge in [-0.15, -0.1) is 0 Å². The summed E-state index contributed by atoms with van der Waals surface area (Å²) in [6.45, 7) is 4.39. The van der Waals surface area contributed by atoms with Gasteiger partial charge < -0.3 is 0 Å². The van der Waals surface area contributed by atoms with Crippen LogP contribution in [0.25, 0.3) is 0 Å². The van der Waals surface area contributed by atoms with E-state index in [0.717, 1.165) is 23.8 Å². The second kappa shape index (κ2) is 8.93. The Morgan fingerprint density at radius 3 is 2.29 bits per heavy atom. The lowest BCUT2D eigenvalue weighted by Gasteiger charge is -2.29.